The lowest BCUT2D eigenvalue weighted by Crippen LogP contribution is -2.30. The molecule has 0 saturated carbocycles. The first-order chi connectivity index (χ1) is 28.9. The van der Waals surface area contributed by atoms with Gasteiger partial charge in [-0.25, -0.2) is 0 Å². The Balaban J connectivity index is 4.08. The molecule has 6 nitrogen and oxygen atoms in total. The Hall–Kier alpha value is -1.59. The Morgan fingerprint density at radius 2 is 0.559 bits per heavy atom. The molecule has 0 heterocycles. The van der Waals surface area contributed by atoms with Gasteiger partial charge in [-0.05, 0) is 25.2 Å². The van der Waals surface area contributed by atoms with Crippen LogP contribution in [-0.4, -0.2) is 37.2 Å². The van der Waals surface area contributed by atoms with E-state index in [1.807, 2.05) is 0 Å². The molecule has 0 amide bonds. The first-order valence-electron chi connectivity index (χ1n) is 26.4. The van der Waals surface area contributed by atoms with E-state index in [2.05, 4.69) is 27.7 Å². The monoisotopic (exact) mass is 835 g/mol. The molecule has 0 aliphatic carbocycles. The first-order valence-corrected chi connectivity index (χ1v) is 26.4. The molecule has 6 heteroatoms. The summed E-state index contributed by atoms with van der Waals surface area (Å²) in [5, 5.41) is 0. The van der Waals surface area contributed by atoms with Gasteiger partial charge in [0.1, 0.15) is 13.2 Å². The lowest BCUT2D eigenvalue weighted by molar-refractivity contribution is -0.167. The van der Waals surface area contributed by atoms with Crippen molar-refractivity contribution in [2.45, 2.75) is 303 Å². The zero-order valence-electron chi connectivity index (χ0n) is 40.2. The van der Waals surface area contributed by atoms with E-state index in [-0.39, 0.29) is 31.1 Å². The summed E-state index contributed by atoms with van der Waals surface area (Å²) >= 11 is 0. The van der Waals surface area contributed by atoms with Gasteiger partial charge in [0.25, 0.3) is 0 Å². The topological polar surface area (TPSA) is 78.9 Å². The van der Waals surface area contributed by atoms with Gasteiger partial charge in [-0.1, -0.05) is 259 Å². The van der Waals surface area contributed by atoms with Crippen LogP contribution in [0.1, 0.15) is 297 Å². The van der Waals surface area contributed by atoms with Crippen molar-refractivity contribution in [3.8, 4) is 0 Å². The molecule has 0 bridgehead atoms. The number of ether oxygens (including phenoxy) is 3. The zero-order valence-corrected chi connectivity index (χ0v) is 40.2. The van der Waals surface area contributed by atoms with Crippen LogP contribution in [0.4, 0.5) is 0 Å². The third kappa shape index (κ3) is 47.3. The van der Waals surface area contributed by atoms with Crippen LogP contribution >= 0.6 is 0 Å². The van der Waals surface area contributed by atoms with Crippen LogP contribution in [0.2, 0.25) is 0 Å². The summed E-state index contributed by atoms with van der Waals surface area (Å²) in [5.74, 6) is -0.0149. The minimum absolute atomic E-state index is 0.0637. The third-order valence-electron chi connectivity index (χ3n) is 12.0. The standard InChI is InChI=1S/C53H102O6/c1-5-7-9-11-12-13-14-15-16-17-18-19-20-24-27-30-33-37-41-45-52(55)58-48-50(47-57-51(54)44-40-35-10-8-6-2)59-53(56)46-42-38-34-31-28-25-22-21-23-26-29-32-36-39-43-49(3)4/h49-50H,5-48H2,1-4H3/t50-/m1/s1. The van der Waals surface area contributed by atoms with Crippen LogP contribution < -0.4 is 0 Å². The number of unbranched alkanes of at least 4 members (excludes halogenated alkanes) is 35. The van der Waals surface area contributed by atoms with Crippen molar-refractivity contribution in [1.82, 2.24) is 0 Å². The first kappa shape index (κ1) is 57.4. The van der Waals surface area contributed by atoms with Crippen molar-refractivity contribution >= 4 is 17.9 Å². The maximum atomic E-state index is 12.7. The summed E-state index contributed by atoms with van der Waals surface area (Å²) in [6.07, 6.45) is 49.9. The summed E-state index contributed by atoms with van der Waals surface area (Å²) in [5.41, 5.74) is 0. The van der Waals surface area contributed by atoms with E-state index in [1.54, 1.807) is 0 Å². The van der Waals surface area contributed by atoms with E-state index in [0.717, 1.165) is 70.1 Å². The van der Waals surface area contributed by atoms with Crippen LogP contribution in [0, 0.1) is 5.92 Å². The molecule has 1 atom stereocenters. The van der Waals surface area contributed by atoms with Gasteiger partial charge >= 0.3 is 17.9 Å². The Morgan fingerprint density at radius 3 is 0.831 bits per heavy atom. The number of carbonyl (C=O) groups is 3. The van der Waals surface area contributed by atoms with Gasteiger partial charge in [0.05, 0.1) is 0 Å². The van der Waals surface area contributed by atoms with Crippen molar-refractivity contribution in [2.75, 3.05) is 13.2 Å². The minimum Gasteiger partial charge on any atom is -0.462 e. The number of esters is 3. The van der Waals surface area contributed by atoms with E-state index < -0.39 is 6.10 Å². The summed E-state index contributed by atoms with van der Waals surface area (Å²) < 4.78 is 16.7. The summed E-state index contributed by atoms with van der Waals surface area (Å²) in [7, 11) is 0. The third-order valence-corrected chi connectivity index (χ3v) is 12.0. The molecule has 350 valence electrons. The smallest absolute Gasteiger partial charge is 0.306 e. The predicted octanol–water partition coefficient (Wildman–Crippen LogP) is 17.1. The summed E-state index contributed by atoms with van der Waals surface area (Å²) in [4.78, 5) is 37.7. The fourth-order valence-electron chi connectivity index (χ4n) is 8.04. The molecule has 0 saturated heterocycles. The largest absolute Gasteiger partial charge is 0.462 e. The molecule has 0 rings (SSSR count). The molecular formula is C53H102O6. The van der Waals surface area contributed by atoms with E-state index in [4.69, 9.17) is 14.2 Å². The van der Waals surface area contributed by atoms with E-state index in [9.17, 15) is 14.4 Å². The SMILES string of the molecule is CCCCCCCCCCCCCCCCCCCCCC(=O)OC[C@@H](COC(=O)CCCCCCC)OC(=O)CCCCCCCCCCCCCCCCC(C)C. The Morgan fingerprint density at radius 1 is 0.322 bits per heavy atom. The van der Waals surface area contributed by atoms with Crippen LogP contribution in [0.3, 0.4) is 0 Å². The van der Waals surface area contributed by atoms with Crippen molar-refractivity contribution < 1.29 is 28.6 Å². The van der Waals surface area contributed by atoms with Gasteiger partial charge in [0.15, 0.2) is 6.10 Å². The molecule has 0 N–H and O–H groups in total. The molecule has 0 unspecified atom stereocenters. The molecule has 0 spiro atoms. The van der Waals surface area contributed by atoms with Crippen LogP contribution in [0.15, 0.2) is 0 Å². The average molecular weight is 835 g/mol. The number of carbonyl (C=O) groups excluding carboxylic acids is 3. The van der Waals surface area contributed by atoms with Gasteiger partial charge in [-0.15, -0.1) is 0 Å². The molecular weight excluding hydrogens is 733 g/mol. The van der Waals surface area contributed by atoms with Crippen molar-refractivity contribution in [1.29, 1.82) is 0 Å². The highest BCUT2D eigenvalue weighted by Crippen LogP contribution is 2.17. The van der Waals surface area contributed by atoms with Crippen LogP contribution in [0.25, 0.3) is 0 Å². The number of rotatable bonds is 48. The highest BCUT2D eigenvalue weighted by atomic mass is 16.6. The molecule has 0 aromatic heterocycles. The fraction of sp³-hybridized carbons (Fsp3) is 0.943. The highest BCUT2D eigenvalue weighted by molar-refractivity contribution is 5.71. The second-order valence-corrected chi connectivity index (χ2v) is 18.6. The lowest BCUT2D eigenvalue weighted by atomic mass is 10.0. The van der Waals surface area contributed by atoms with Crippen molar-refractivity contribution in [2.24, 2.45) is 5.92 Å². The van der Waals surface area contributed by atoms with Gasteiger partial charge in [0, 0.05) is 19.3 Å². The number of hydrogen-bond donors (Lipinski definition) is 0. The van der Waals surface area contributed by atoms with Gasteiger partial charge in [0.2, 0.25) is 0 Å². The summed E-state index contributed by atoms with van der Waals surface area (Å²) in [6.45, 7) is 8.96. The fourth-order valence-corrected chi connectivity index (χ4v) is 8.04. The molecule has 0 radical (unpaired) electrons. The number of hydrogen-bond acceptors (Lipinski definition) is 6. The Labute approximate surface area is 368 Å². The predicted molar refractivity (Wildman–Crippen MR) is 252 cm³/mol. The van der Waals surface area contributed by atoms with Crippen molar-refractivity contribution in [3.63, 3.8) is 0 Å². The maximum absolute atomic E-state index is 12.7. The molecule has 0 fully saturated rings. The second-order valence-electron chi connectivity index (χ2n) is 18.6. The van der Waals surface area contributed by atoms with Gasteiger partial charge in [-0.3, -0.25) is 14.4 Å². The van der Waals surface area contributed by atoms with E-state index in [0.29, 0.717) is 19.3 Å². The molecule has 0 aliphatic rings. The van der Waals surface area contributed by atoms with Crippen molar-refractivity contribution in [3.05, 3.63) is 0 Å². The Bertz CT molecular complexity index is 887. The maximum Gasteiger partial charge on any atom is 0.306 e. The molecule has 0 aromatic rings. The summed E-state index contributed by atoms with van der Waals surface area (Å²) in [6, 6.07) is 0. The second kappa shape index (κ2) is 47.5. The quantitative estimate of drug-likeness (QED) is 0.0345. The molecule has 59 heavy (non-hydrogen) atoms. The van der Waals surface area contributed by atoms with Crippen LogP contribution in [-0.2, 0) is 28.6 Å². The van der Waals surface area contributed by atoms with E-state index >= 15 is 0 Å². The van der Waals surface area contributed by atoms with Crippen LogP contribution in [0.5, 0.6) is 0 Å². The highest BCUT2D eigenvalue weighted by Gasteiger charge is 2.19. The average Bonchev–Trinajstić information content (AvgIpc) is 3.22. The van der Waals surface area contributed by atoms with E-state index in [1.165, 1.54) is 186 Å². The molecule has 0 aliphatic heterocycles. The Kier molecular flexibility index (Phi) is 46.2. The lowest BCUT2D eigenvalue weighted by Gasteiger charge is -2.18. The molecule has 0 aromatic carbocycles. The zero-order chi connectivity index (χ0) is 43.1. The van der Waals surface area contributed by atoms with Gasteiger partial charge in [-0.2, -0.15) is 0 Å². The normalized spacial score (nSPS) is 11.9. The van der Waals surface area contributed by atoms with Gasteiger partial charge < -0.3 is 14.2 Å². The minimum atomic E-state index is -0.759.